The smallest absolute Gasteiger partial charge is 0.266 e. The van der Waals surface area contributed by atoms with Crippen molar-refractivity contribution in [2.75, 3.05) is 7.11 Å². The van der Waals surface area contributed by atoms with Crippen molar-refractivity contribution < 1.29 is 17.9 Å². The van der Waals surface area contributed by atoms with Crippen LogP contribution < -0.4 is 4.74 Å². The van der Waals surface area contributed by atoms with Crippen LogP contribution >= 0.6 is 23.2 Å². The number of hydrogen-bond acceptors (Lipinski definition) is 1. The predicted octanol–water partition coefficient (Wildman–Crippen LogP) is 5.83. The highest BCUT2D eigenvalue weighted by Crippen LogP contribution is 2.70. The molecular formula is C17H13Cl2F3O. The van der Waals surface area contributed by atoms with Crippen LogP contribution in [0, 0.1) is 5.82 Å². The molecule has 3 rings (SSSR count). The molecule has 122 valence electrons. The Balaban J connectivity index is 1.92. The largest absolute Gasteiger partial charge is 0.497 e. The van der Waals surface area contributed by atoms with E-state index in [9.17, 15) is 13.2 Å². The van der Waals surface area contributed by atoms with Gasteiger partial charge in [0, 0.05) is 11.8 Å². The predicted molar refractivity (Wildman–Crippen MR) is 84.3 cm³/mol. The SMILES string of the molecule is COc1ccc([C@H]2[C@H](c3ccc(F)c(C(F)F)c3)C2(Cl)Cl)cc1. The van der Waals surface area contributed by atoms with Crippen molar-refractivity contribution in [3.63, 3.8) is 0 Å². The zero-order valence-corrected chi connectivity index (χ0v) is 13.6. The van der Waals surface area contributed by atoms with E-state index in [-0.39, 0.29) is 11.8 Å². The quantitative estimate of drug-likeness (QED) is 0.623. The van der Waals surface area contributed by atoms with Crippen molar-refractivity contribution in [3.05, 3.63) is 65.0 Å². The molecule has 6 heteroatoms. The summed E-state index contributed by atoms with van der Waals surface area (Å²) in [6.45, 7) is 0. The topological polar surface area (TPSA) is 9.23 Å². The van der Waals surface area contributed by atoms with E-state index in [1.807, 2.05) is 12.1 Å². The second-order valence-electron chi connectivity index (χ2n) is 5.48. The average Bonchev–Trinajstić information content (AvgIpc) is 3.10. The third-order valence-corrected chi connectivity index (χ3v) is 5.08. The minimum Gasteiger partial charge on any atom is -0.497 e. The van der Waals surface area contributed by atoms with E-state index in [4.69, 9.17) is 27.9 Å². The van der Waals surface area contributed by atoms with Gasteiger partial charge in [0.1, 0.15) is 15.9 Å². The lowest BCUT2D eigenvalue weighted by atomic mass is 10.0. The van der Waals surface area contributed by atoms with E-state index in [1.165, 1.54) is 6.07 Å². The molecule has 0 unspecified atom stereocenters. The number of rotatable bonds is 4. The third-order valence-electron chi connectivity index (χ3n) is 4.14. The second kappa shape index (κ2) is 5.91. The maximum atomic E-state index is 13.4. The first-order valence-corrected chi connectivity index (χ1v) is 7.71. The first-order chi connectivity index (χ1) is 10.9. The zero-order valence-electron chi connectivity index (χ0n) is 12.1. The van der Waals surface area contributed by atoms with Crippen molar-refractivity contribution in [1.82, 2.24) is 0 Å². The Morgan fingerprint density at radius 2 is 1.57 bits per heavy atom. The molecule has 1 saturated carbocycles. The van der Waals surface area contributed by atoms with Gasteiger partial charge in [0.05, 0.1) is 12.7 Å². The van der Waals surface area contributed by atoms with Crippen LogP contribution in [0.2, 0.25) is 0 Å². The summed E-state index contributed by atoms with van der Waals surface area (Å²) in [5.74, 6) is -0.840. The molecule has 0 saturated heterocycles. The number of methoxy groups -OCH3 is 1. The molecular weight excluding hydrogens is 348 g/mol. The molecule has 0 amide bonds. The molecule has 0 aliphatic heterocycles. The van der Waals surface area contributed by atoms with Crippen LogP contribution in [0.4, 0.5) is 13.2 Å². The molecule has 0 N–H and O–H groups in total. The normalized spacial score (nSPS) is 22.2. The number of halogens is 5. The van der Waals surface area contributed by atoms with Crippen molar-refractivity contribution in [3.8, 4) is 5.75 Å². The molecule has 2 aromatic rings. The molecule has 0 spiro atoms. The minimum atomic E-state index is -2.88. The highest BCUT2D eigenvalue weighted by atomic mass is 35.5. The summed E-state index contributed by atoms with van der Waals surface area (Å²) in [7, 11) is 1.56. The summed E-state index contributed by atoms with van der Waals surface area (Å²) in [5.41, 5.74) is 0.753. The van der Waals surface area contributed by atoms with Gasteiger partial charge in [-0.25, -0.2) is 13.2 Å². The molecule has 23 heavy (non-hydrogen) atoms. The van der Waals surface area contributed by atoms with Crippen LogP contribution in [0.15, 0.2) is 42.5 Å². The molecule has 0 radical (unpaired) electrons. The van der Waals surface area contributed by atoms with Crippen LogP contribution in [0.1, 0.15) is 35.0 Å². The molecule has 1 fully saturated rings. The van der Waals surface area contributed by atoms with Crippen LogP contribution in [-0.2, 0) is 0 Å². The van der Waals surface area contributed by atoms with Gasteiger partial charge < -0.3 is 4.74 Å². The first kappa shape index (κ1) is 16.5. The van der Waals surface area contributed by atoms with Crippen LogP contribution in [0.3, 0.4) is 0 Å². The van der Waals surface area contributed by atoms with Crippen LogP contribution in [0.25, 0.3) is 0 Å². The fraction of sp³-hybridized carbons (Fsp3) is 0.294. The van der Waals surface area contributed by atoms with Gasteiger partial charge in [-0.1, -0.05) is 18.2 Å². The summed E-state index contributed by atoms with van der Waals surface area (Å²) >= 11 is 12.7. The van der Waals surface area contributed by atoms with E-state index in [1.54, 1.807) is 19.2 Å². The molecule has 0 aromatic heterocycles. The zero-order chi connectivity index (χ0) is 16.8. The lowest BCUT2D eigenvalue weighted by molar-refractivity contribution is 0.146. The van der Waals surface area contributed by atoms with Gasteiger partial charge in [-0.05, 0) is 35.4 Å². The van der Waals surface area contributed by atoms with Crippen molar-refractivity contribution in [1.29, 1.82) is 0 Å². The summed E-state index contributed by atoms with van der Waals surface area (Å²) in [5, 5.41) is 0. The summed E-state index contributed by atoms with van der Waals surface area (Å²) < 4.78 is 43.2. The Morgan fingerprint density at radius 1 is 1.00 bits per heavy atom. The highest BCUT2D eigenvalue weighted by Gasteiger charge is 2.64. The number of ether oxygens (including phenoxy) is 1. The van der Waals surface area contributed by atoms with Crippen LogP contribution in [0.5, 0.6) is 5.75 Å². The number of alkyl halides is 4. The lowest BCUT2D eigenvalue weighted by Gasteiger charge is -2.06. The van der Waals surface area contributed by atoms with Crippen molar-refractivity contribution in [2.24, 2.45) is 0 Å². The van der Waals surface area contributed by atoms with Crippen molar-refractivity contribution >= 4 is 23.2 Å². The van der Waals surface area contributed by atoms with Gasteiger partial charge in [-0.2, -0.15) is 0 Å². The molecule has 2 atom stereocenters. The summed E-state index contributed by atoms with van der Waals surface area (Å²) in [6, 6.07) is 10.9. The van der Waals surface area contributed by atoms with Crippen LogP contribution in [-0.4, -0.2) is 11.4 Å². The fourth-order valence-electron chi connectivity index (χ4n) is 2.89. The molecule has 0 bridgehead atoms. The number of benzene rings is 2. The van der Waals surface area contributed by atoms with E-state index in [0.717, 1.165) is 17.7 Å². The Morgan fingerprint density at radius 3 is 2.13 bits per heavy atom. The minimum absolute atomic E-state index is 0.243. The maximum Gasteiger partial charge on any atom is 0.266 e. The molecule has 0 heterocycles. The third kappa shape index (κ3) is 2.90. The van der Waals surface area contributed by atoms with E-state index < -0.39 is 22.1 Å². The number of hydrogen-bond donors (Lipinski definition) is 0. The molecule has 1 aliphatic carbocycles. The average molecular weight is 361 g/mol. The first-order valence-electron chi connectivity index (χ1n) is 6.95. The van der Waals surface area contributed by atoms with Gasteiger partial charge in [0.25, 0.3) is 6.43 Å². The standard InChI is InChI=1S/C17H13Cl2F3O/c1-23-11-5-2-9(3-6-11)14-15(17(14,18)19)10-4-7-13(20)12(8-10)16(21)22/h2-8,14-16H,1H3/t14-,15-/m0/s1. The van der Waals surface area contributed by atoms with Gasteiger partial charge in [0.2, 0.25) is 0 Å². The van der Waals surface area contributed by atoms with Gasteiger partial charge in [0.15, 0.2) is 0 Å². The Bertz CT molecular complexity index is 716. The van der Waals surface area contributed by atoms with Crippen molar-refractivity contribution in [2.45, 2.75) is 22.6 Å². The molecule has 2 aromatic carbocycles. The van der Waals surface area contributed by atoms with E-state index in [2.05, 4.69) is 0 Å². The van der Waals surface area contributed by atoms with Gasteiger partial charge in [-0.3, -0.25) is 0 Å². The fourth-order valence-corrected chi connectivity index (χ4v) is 3.77. The maximum absolute atomic E-state index is 13.4. The summed E-state index contributed by atoms with van der Waals surface area (Å²) in [6.07, 6.45) is -2.88. The van der Waals surface area contributed by atoms with Gasteiger partial charge in [-0.15, -0.1) is 23.2 Å². The molecule has 1 nitrogen and oxygen atoms in total. The second-order valence-corrected chi connectivity index (χ2v) is 6.93. The monoisotopic (exact) mass is 360 g/mol. The summed E-state index contributed by atoms with van der Waals surface area (Å²) in [4.78, 5) is 0. The Hall–Kier alpha value is -1.39. The Labute approximate surface area is 142 Å². The van der Waals surface area contributed by atoms with E-state index in [0.29, 0.717) is 11.3 Å². The molecule has 1 aliphatic rings. The highest BCUT2D eigenvalue weighted by molar-refractivity contribution is 6.52. The van der Waals surface area contributed by atoms with E-state index >= 15 is 0 Å². The Kier molecular flexibility index (Phi) is 4.23. The lowest BCUT2D eigenvalue weighted by Crippen LogP contribution is -1.95. The van der Waals surface area contributed by atoms with Gasteiger partial charge >= 0.3 is 0 Å².